The van der Waals surface area contributed by atoms with E-state index in [1.807, 2.05) is 24.3 Å². The van der Waals surface area contributed by atoms with Crippen molar-refractivity contribution in [3.8, 4) is 5.75 Å². The molecule has 2 aliphatic heterocycles. The van der Waals surface area contributed by atoms with E-state index >= 15 is 0 Å². The number of halogens is 1. The maximum Gasteiger partial charge on any atom is 0.138 e. The predicted molar refractivity (Wildman–Crippen MR) is 87.1 cm³/mol. The van der Waals surface area contributed by atoms with Crippen molar-refractivity contribution in [3.63, 3.8) is 0 Å². The summed E-state index contributed by atoms with van der Waals surface area (Å²) < 4.78 is 6.06. The Balaban J connectivity index is 1.48. The van der Waals surface area contributed by atoms with Crippen LogP contribution in [0.1, 0.15) is 26.2 Å². The summed E-state index contributed by atoms with van der Waals surface area (Å²) in [6.45, 7) is 8.19. The van der Waals surface area contributed by atoms with Gasteiger partial charge in [0, 0.05) is 26.2 Å². The molecule has 1 N–H and O–H groups in total. The normalized spacial score (nSPS) is 27.9. The van der Waals surface area contributed by atoms with Crippen LogP contribution < -0.4 is 10.1 Å². The minimum atomic E-state index is 0.302. The van der Waals surface area contributed by atoms with Crippen LogP contribution in [0.4, 0.5) is 0 Å². The van der Waals surface area contributed by atoms with Crippen molar-refractivity contribution in [2.75, 3.05) is 32.7 Å². The molecule has 3 rings (SSSR count). The SMILES string of the molecule is CC1(CN2CCC(Oc3ccccc3Cl)CC2)CCNC1. The van der Waals surface area contributed by atoms with Crippen LogP contribution in [0.3, 0.4) is 0 Å². The van der Waals surface area contributed by atoms with Crippen molar-refractivity contribution in [3.05, 3.63) is 29.3 Å². The number of benzene rings is 1. The van der Waals surface area contributed by atoms with E-state index in [4.69, 9.17) is 16.3 Å². The second-order valence-corrected chi connectivity index (χ2v) is 7.17. The molecule has 2 aliphatic rings. The molecule has 0 amide bonds. The molecule has 0 aliphatic carbocycles. The van der Waals surface area contributed by atoms with E-state index in [-0.39, 0.29) is 0 Å². The smallest absolute Gasteiger partial charge is 0.138 e. The van der Waals surface area contributed by atoms with Crippen molar-refractivity contribution < 1.29 is 4.74 Å². The first-order valence-corrected chi connectivity index (χ1v) is 8.37. The van der Waals surface area contributed by atoms with Crippen LogP contribution >= 0.6 is 11.6 Å². The van der Waals surface area contributed by atoms with Gasteiger partial charge in [0.25, 0.3) is 0 Å². The van der Waals surface area contributed by atoms with E-state index in [1.165, 1.54) is 19.5 Å². The van der Waals surface area contributed by atoms with Crippen molar-refractivity contribution in [2.45, 2.75) is 32.3 Å². The Morgan fingerprint density at radius 1 is 1.33 bits per heavy atom. The number of rotatable bonds is 4. The van der Waals surface area contributed by atoms with Gasteiger partial charge in [-0.05, 0) is 43.4 Å². The quantitative estimate of drug-likeness (QED) is 0.924. The predicted octanol–water partition coefficient (Wildman–Crippen LogP) is 3.18. The number of ether oxygens (including phenoxy) is 1. The molecule has 4 heteroatoms. The summed E-state index contributed by atoms with van der Waals surface area (Å²) in [7, 11) is 0. The van der Waals surface area contributed by atoms with Gasteiger partial charge in [-0.25, -0.2) is 0 Å². The average Bonchev–Trinajstić information content (AvgIpc) is 2.90. The van der Waals surface area contributed by atoms with Gasteiger partial charge in [-0.3, -0.25) is 0 Å². The molecule has 0 aromatic heterocycles. The molecule has 0 spiro atoms. The van der Waals surface area contributed by atoms with Gasteiger partial charge in [0.15, 0.2) is 0 Å². The number of hydrogen-bond donors (Lipinski definition) is 1. The summed E-state index contributed by atoms with van der Waals surface area (Å²) in [6, 6.07) is 7.76. The molecule has 1 atom stereocenters. The first-order valence-electron chi connectivity index (χ1n) is 7.99. The maximum atomic E-state index is 6.16. The summed E-state index contributed by atoms with van der Waals surface area (Å²) >= 11 is 6.16. The Kier molecular flexibility index (Phi) is 4.72. The van der Waals surface area contributed by atoms with Crippen molar-refractivity contribution in [2.24, 2.45) is 5.41 Å². The number of para-hydroxylation sites is 1. The van der Waals surface area contributed by atoms with Crippen LogP contribution in [0.15, 0.2) is 24.3 Å². The fourth-order valence-corrected chi connectivity index (χ4v) is 3.63. The standard InChI is InChI=1S/C17H25ClN2O/c1-17(8-9-19-12-17)13-20-10-6-14(7-11-20)21-16-5-3-2-4-15(16)18/h2-5,14,19H,6-13H2,1H3. The van der Waals surface area contributed by atoms with Crippen LogP contribution in [0.5, 0.6) is 5.75 Å². The zero-order valence-electron chi connectivity index (χ0n) is 12.8. The minimum absolute atomic E-state index is 0.302. The summed E-state index contributed by atoms with van der Waals surface area (Å²) in [5, 5.41) is 4.20. The van der Waals surface area contributed by atoms with E-state index in [9.17, 15) is 0 Å². The summed E-state index contributed by atoms with van der Waals surface area (Å²) in [5.74, 6) is 0.824. The third-order valence-electron chi connectivity index (χ3n) is 4.73. The lowest BCUT2D eigenvalue weighted by molar-refractivity contribution is 0.0776. The van der Waals surface area contributed by atoms with Crippen LogP contribution in [-0.2, 0) is 0 Å². The number of hydrogen-bond acceptors (Lipinski definition) is 3. The Morgan fingerprint density at radius 2 is 2.10 bits per heavy atom. The van der Waals surface area contributed by atoms with Gasteiger partial charge in [0.05, 0.1) is 5.02 Å². The summed E-state index contributed by atoms with van der Waals surface area (Å²) in [5.41, 5.74) is 0.455. The molecule has 1 aromatic carbocycles. The topological polar surface area (TPSA) is 24.5 Å². The molecule has 2 saturated heterocycles. The highest BCUT2D eigenvalue weighted by Crippen LogP contribution is 2.29. The fourth-order valence-electron chi connectivity index (χ4n) is 3.45. The van der Waals surface area contributed by atoms with Gasteiger partial charge in [-0.2, -0.15) is 0 Å². The highest BCUT2D eigenvalue weighted by atomic mass is 35.5. The monoisotopic (exact) mass is 308 g/mol. The molecule has 2 fully saturated rings. The molecule has 21 heavy (non-hydrogen) atoms. The molecular formula is C17H25ClN2O. The Hall–Kier alpha value is -0.770. The lowest BCUT2D eigenvalue weighted by atomic mass is 9.88. The van der Waals surface area contributed by atoms with Crippen molar-refractivity contribution in [1.82, 2.24) is 10.2 Å². The van der Waals surface area contributed by atoms with Crippen LogP contribution in [0.2, 0.25) is 5.02 Å². The minimum Gasteiger partial charge on any atom is -0.489 e. The number of piperidine rings is 1. The Morgan fingerprint density at radius 3 is 2.76 bits per heavy atom. The second kappa shape index (κ2) is 6.55. The zero-order chi connectivity index (χ0) is 14.7. The second-order valence-electron chi connectivity index (χ2n) is 6.76. The first-order chi connectivity index (χ1) is 10.1. The zero-order valence-corrected chi connectivity index (χ0v) is 13.5. The third-order valence-corrected chi connectivity index (χ3v) is 5.04. The average molecular weight is 309 g/mol. The van der Waals surface area contributed by atoms with Crippen LogP contribution in [0, 0.1) is 5.41 Å². The van der Waals surface area contributed by atoms with E-state index < -0.39 is 0 Å². The largest absolute Gasteiger partial charge is 0.489 e. The Labute approximate surface area is 132 Å². The van der Waals surface area contributed by atoms with E-state index in [0.717, 1.165) is 38.2 Å². The molecule has 2 heterocycles. The first kappa shape index (κ1) is 15.1. The highest BCUT2D eigenvalue weighted by Gasteiger charge is 2.32. The van der Waals surface area contributed by atoms with E-state index in [2.05, 4.69) is 17.1 Å². The molecule has 116 valence electrons. The summed E-state index contributed by atoms with van der Waals surface area (Å²) in [6.07, 6.45) is 3.78. The molecule has 1 unspecified atom stereocenters. The molecule has 0 radical (unpaired) electrons. The van der Waals surface area contributed by atoms with Crippen molar-refractivity contribution in [1.29, 1.82) is 0 Å². The van der Waals surface area contributed by atoms with E-state index in [1.54, 1.807) is 0 Å². The molecule has 0 saturated carbocycles. The van der Waals surface area contributed by atoms with E-state index in [0.29, 0.717) is 16.5 Å². The molecular weight excluding hydrogens is 284 g/mol. The lowest BCUT2D eigenvalue weighted by Gasteiger charge is -2.37. The Bertz CT molecular complexity index is 466. The van der Waals surface area contributed by atoms with Gasteiger partial charge >= 0.3 is 0 Å². The fraction of sp³-hybridized carbons (Fsp3) is 0.647. The van der Waals surface area contributed by atoms with Gasteiger partial charge < -0.3 is 15.0 Å². The van der Waals surface area contributed by atoms with Gasteiger partial charge in [0.2, 0.25) is 0 Å². The highest BCUT2D eigenvalue weighted by molar-refractivity contribution is 6.32. The maximum absolute atomic E-state index is 6.16. The van der Waals surface area contributed by atoms with Crippen molar-refractivity contribution >= 4 is 11.6 Å². The van der Waals surface area contributed by atoms with Crippen LogP contribution in [0.25, 0.3) is 0 Å². The molecule has 3 nitrogen and oxygen atoms in total. The molecule has 0 bridgehead atoms. The number of nitrogens with zero attached hydrogens (tertiary/aromatic N) is 1. The van der Waals surface area contributed by atoms with Crippen LogP contribution in [-0.4, -0.2) is 43.7 Å². The van der Waals surface area contributed by atoms with Gasteiger partial charge in [0.1, 0.15) is 11.9 Å². The summed E-state index contributed by atoms with van der Waals surface area (Å²) in [4.78, 5) is 2.60. The lowest BCUT2D eigenvalue weighted by Crippen LogP contribution is -2.44. The molecule has 1 aromatic rings. The van der Waals surface area contributed by atoms with Gasteiger partial charge in [-0.15, -0.1) is 0 Å². The van der Waals surface area contributed by atoms with Gasteiger partial charge in [-0.1, -0.05) is 30.7 Å². The third kappa shape index (κ3) is 3.91. The number of likely N-dealkylation sites (tertiary alicyclic amines) is 1. The number of nitrogens with one attached hydrogen (secondary N) is 1.